The predicted molar refractivity (Wildman–Crippen MR) is 32.6 cm³/mol. The number of carboxylic acids is 1. The van der Waals surface area contributed by atoms with E-state index in [0.717, 1.165) is 18.6 Å². The van der Waals surface area contributed by atoms with Crippen molar-refractivity contribution in [3.05, 3.63) is 5.25 Å². The molecule has 1 rings (SSSR count). The Morgan fingerprint density at radius 3 is 2.75 bits per heavy atom. The van der Waals surface area contributed by atoms with Crippen molar-refractivity contribution in [3.8, 4) is 0 Å². The summed E-state index contributed by atoms with van der Waals surface area (Å²) in [4.78, 5) is 10.1. The Morgan fingerprint density at radius 1 is 1.75 bits per heavy atom. The molecule has 1 fully saturated rings. The summed E-state index contributed by atoms with van der Waals surface area (Å²) >= 11 is 1.47. The average Bonchev–Trinajstić information content (AvgIpc) is 2.12. The molecule has 1 N–H and O–H groups in total. The van der Waals surface area contributed by atoms with E-state index < -0.39 is 5.97 Å². The summed E-state index contributed by atoms with van der Waals surface area (Å²) in [5, 5.41) is 8.98. The van der Waals surface area contributed by atoms with Crippen LogP contribution >= 0.6 is 11.8 Å². The summed E-state index contributed by atoms with van der Waals surface area (Å²) < 4.78 is 0. The Morgan fingerprint density at radius 2 is 2.50 bits per heavy atom. The minimum atomic E-state index is -0.729. The summed E-state index contributed by atoms with van der Waals surface area (Å²) in [6, 6.07) is 0. The molecular weight excluding hydrogens is 124 g/mol. The molecule has 1 radical (unpaired) electrons. The van der Waals surface area contributed by atoms with Crippen LogP contribution in [0.15, 0.2) is 0 Å². The van der Waals surface area contributed by atoms with Gasteiger partial charge in [-0.1, -0.05) is 0 Å². The number of aliphatic carboxylic acids is 1. The zero-order valence-corrected chi connectivity index (χ0v) is 5.20. The van der Waals surface area contributed by atoms with Crippen molar-refractivity contribution in [1.82, 2.24) is 0 Å². The van der Waals surface area contributed by atoms with Gasteiger partial charge < -0.3 is 5.11 Å². The second-order valence-corrected chi connectivity index (χ2v) is 2.87. The van der Waals surface area contributed by atoms with E-state index in [4.69, 9.17) is 5.11 Å². The summed E-state index contributed by atoms with van der Waals surface area (Å²) in [6.07, 6.45) is 1.81. The maximum absolute atomic E-state index is 10.1. The first-order chi connectivity index (χ1) is 3.80. The number of carboxylic acid groups (broad SMARTS) is 1. The van der Waals surface area contributed by atoms with Gasteiger partial charge in [0, 0.05) is 0 Å². The zero-order valence-electron chi connectivity index (χ0n) is 4.39. The first-order valence-electron chi connectivity index (χ1n) is 2.52. The minimum Gasteiger partial charge on any atom is -0.480 e. The number of hydrogen-bond acceptors (Lipinski definition) is 2. The third kappa shape index (κ3) is 1.15. The molecule has 0 spiro atoms. The van der Waals surface area contributed by atoms with Crippen LogP contribution in [0.2, 0.25) is 0 Å². The van der Waals surface area contributed by atoms with E-state index in [-0.39, 0.29) is 0 Å². The fourth-order valence-electron chi connectivity index (χ4n) is 0.669. The van der Waals surface area contributed by atoms with Crippen LogP contribution in [-0.2, 0) is 4.79 Å². The van der Waals surface area contributed by atoms with Crippen molar-refractivity contribution in [2.24, 2.45) is 0 Å². The van der Waals surface area contributed by atoms with Gasteiger partial charge in [-0.3, -0.25) is 4.79 Å². The lowest BCUT2D eigenvalue weighted by atomic mass is 10.3. The molecule has 0 bridgehead atoms. The molecule has 1 heterocycles. The van der Waals surface area contributed by atoms with Crippen LogP contribution in [0.3, 0.4) is 0 Å². The Bertz CT molecular complexity index is 96.6. The van der Waals surface area contributed by atoms with Crippen LogP contribution in [0.4, 0.5) is 0 Å². The minimum absolute atomic E-state index is 0.630. The molecule has 0 aromatic carbocycles. The molecule has 0 aromatic heterocycles. The second kappa shape index (κ2) is 2.40. The third-order valence-electron chi connectivity index (χ3n) is 1.06. The summed E-state index contributed by atoms with van der Waals surface area (Å²) in [7, 11) is 0. The quantitative estimate of drug-likeness (QED) is 0.579. The largest absolute Gasteiger partial charge is 0.480 e. The Hall–Kier alpha value is -0.180. The first-order valence-corrected chi connectivity index (χ1v) is 3.51. The Labute approximate surface area is 52.3 Å². The second-order valence-electron chi connectivity index (χ2n) is 1.68. The molecule has 0 aliphatic carbocycles. The normalized spacial score (nSPS) is 21.5. The number of carbonyl (C=O) groups is 1. The van der Waals surface area contributed by atoms with Crippen LogP contribution in [0, 0.1) is 5.25 Å². The van der Waals surface area contributed by atoms with E-state index in [9.17, 15) is 4.79 Å². The van der Waals surface area contributed by atoms with Gasteiger partial charge in [-0.05, 0) is 18.6 Å². The molecule has 0 aromatic rings. The predicted octanol–water partition coefficient (Wildman–Crippen LogP) is 1.13. The van der Waals surface area contributed by atoms with Crippen molar-refractivity contribution < 1.29 is 9.90 Å². The van der Waals surface area contributed by atoms with Crippen LogP contribution in [0.5, 0.6) is 0 Å². The van der Waals surface area contributed by atoms with Gasteiger partial charge in [0.15, 0.2) is 0 Å². The van der Waals surface area contributed by atoms with Gasteiger partial charge in [-0.15, -0.1) is 11.8 Å². The Kier molecular flexibility index (Phi) is 1.78. The summed E-state index contributed by atoms with van der Waals surface area (Å²) in [6.45, 7) is 0. The van der Waals surface area contributed by atoms with Gasteiger partial charge in [0.05, 0.1) is 0 Å². The molecule has 1 saturated heterocycles. The third-order valence-corrected chi connectivity index (χ3v) is 2.28. The highest BCUT2D eigenvalue weighted by Gasteiger charge is 2.23. The van der Waals surface area contributed by atoms with Crippen molar-refractivity contribution in [3.63, 3.8) is 0 Å². The molecule has 1 aliphatic rings. The van der Waals surface area contributed by atoms with Crippen LogP contribution in [0.1, 0.15) is 12.8 Å². The lowest BCUT2D eigenvalue weighted by molar-refractivity contribution is -0.133. The van der Waals surface area contributed by atoms with E-state index >= 15 is 0 Å². The van der Waals surface area contributed by atoms with Gasteiger partial charge >= 0.3 is 5.97 Å². The van der Waals surface area contributed by atoms with Gasteiger partial charge in [0.1, 0.15) is 5.25 Å². The fourth-order valence-corrected chi connectivity index (χ4v) is 1.62. The molecule has 2 nitrogen and oxygen atoms in total. The van der Waals surface area contributed by atoms with Gasteiger partial charge in [0.2, 0.25) is 0 Å². The summed E-state index contributed by atoms with van der Waals surface area (Å²) in [5.41, 5.74) is 0. The monoisotopic (exact) mass is 131 g/mol. The average molecular weight is 131 g/mol. The van der Waals surface area contributed by atoms with E-state index in [1.807, 2.05) is 0 Å². The maximum Gasteiger partial charge on any atom is 0.321 e. The van der Waals surface area contributed by atoms with Crippen molar-refractivity contribution in [2.75, 3.05) is 5.75 Å². The Balaban J connectivity index is 2.35. The fraction of sp³-hybridized carbons (Fsp3) is 0.600. The maximum atomic E-state index is 10.1. The highest BCUT2D eigenvalue weighted by molar-refractivity contribution is 8.03. The molecule has 3 heteroatoms. The molecule has 1 aliphatic heterocycles. The van der Waals surface area contributed by atoms with E-state index in [2.05, 4.69) is 0 Å². The first kappa shape index (κ1) is 5.95. The molecule has 45 valence electrons. The molecule has 0 atom stereocenters. The molecule has 8 heavy (non-hydrogen) atoms. The topological polar surface area (TPSA) is 37.3 Å². The van der Waals surface area contributed by atoms with Gasteiger partial charge in [0.25, 0.3) is 0 Å². The van der Waals surface area contributed by atoms with Crippen LogP contribution in [0.25, 0.3) is 0 Å². The number of thioether (sulfide) groups is 1. The molecule has 0 saturated carbocycles. The van der Waals surface area contributed by atoms with Crippen LogP contribution < -0.4 is 0 Å². The summed E-state index contributed by atoms with van der Waals surface area (Å²) in [5.74, 6) is 0.259. The van der Waals surface area contributed by atoms with Crippen LogP contribution in [-0.4, -0.2) is 16.8 Å². The lowest BCUT2D eigenvalue weighted by Gasteiger charge is -1.95. The van der Waals surface area contributed by atoms with Crippen molar-refractivity contribution >= 4 is 17.7 Å². The van der Waals surface area contributed by atoms with Gasteiger partial charge in [-0.25, -0.2) is 0 Å². The molecule has 0 unspecified atom stereocenters. The smallest absolute Gasteiger partial charge is 0.321 e. The van der Waals surface area contributed by atoms with E-state index in [1.165, 1.54) is 11.8 Å². The highest BCUT2D eigenvalue weighted by Crippen LogP contribution is 2.32. The number of hydrogen-bond donors (Lipinski definition) is 1. The SMILES string of the molecule is O=C(O)[C]1CCCS1. The van der Waals surface area contributed by atoms with Crippen molar-refractivity contribution in [2.45, 2.75) is 12.8 Å². The van der Waals surface area contributed by atoms with E-state index in [0.29, 0.717) is 5.25 Å². The zero-order chi connectivity index (χ0) is 5.98. The lowest BCUT2D eigenvalue weighted by Crippen LogP contribution is -2.02. The standard InChI is InChI=1S/C5H7O2S/c6-5(7)4-2-1-3-8-4/h1-3H2,(H,6,7). The number of rotatable bonds is 1. The molecule has 0 amide bonds. The highest BCUT2D eigenvalue weighted by atomic mass is 32.2. The van der Waals surface area contributed by atoms with E-state index in [1.54, 1.807) is 0 Å². The molecular formula is C5H7O2S. The van der Waals surface area contributed by atoms with Gasteiger partial charge in [-0.2, -0.15) is 0 Å². The van der Waals surface area contributed by atoms with Crippen molar-refractivity contribution in [1.29, 1.82) is 0 Å².